The summed E-state index contributed by atoms with van der Waals surface area (Å²) in [7, 11) is 0. The van der Waals surface area contributed by atoms with Gasteiger partial charge in [0, 0.05) is 18.2 Å². The van der Waals surface area contributed by atoms with Crippen LogP contribution >= 0.6 is 0 Å². The molecule has 1 aromatic rings. The van der Waals surface area contributed by atoms with Crippen molar-refractivity contribution in [3.8, 4) is 0 Å². The maximum Gasteiger partial charge on any atom is 0.226 e. The Bertz CT molecular complexity index is 560. The molecule has 0 saturated heterocycles. The molecule has 1 aliphatic carbocycles. The molecule has 3 N–H and O–H groups in total. The van der Waals surface area contributed by atoms with E-state index in [0.29, 0.717) is 19.4 Å². The maximum absolute atomic E-state index is 12.0. The first kappa shape index (κ1) is 18.5. The van der Waals surface area contributed by atoms with Gasteiger partial charge in [-0.3, -0.25) is 9.59 Å². The predicted octanol–water partition coefficient (Wildman–Crippen LogP) is 2.98. The van der Waals surface area contributed by atoms with E-state index in [1.165, 1.54) is 0 Å². The maximum atomic E-state index is 12.0. The summed E-state index contributed by atoms with van der Waals surface area (Å²) < 4.78 is 0. The van der Waals surface area contributed by atoms with Gasteiger partial charge in [0.15, 0.2) is 0 Å². The average Bonchev–Trinajstić information content (AvgIpc) is 2.54. The van der Waals surface area contributed by atoms with Gasteiger partial charge in [-0.25, -0.2) is 0 Å². The number of hydrogen-bond donors (Lipinski definition) is 3. The van der Waals surface area contributed by atoms with Gasteiger partial charge in [0.1, 0.15) is 0 Å². The summed E-state index contributed by atoms with van der Waals surface area (Å²) in [5.74, 6) is -0.192. The third kappa shape index (κ3) is 5.64. The summed E-state index contributed by atoms with van der Waals surface area (Å²) in [6, 6.07) is 7.42. The Morgan fingerprint density at radius 1 is 1.12 bits per heavy atom. The van der Waals surface area contributed by atoms with Gasteiger partial charge < -0.3 is 15.7 Å². The molecule has 0 aromatic heterocycles. The van der Waals surface area contributed by atoms with E-state index in [1.54, 1.807) is 0 Å². The third-order valence-electron chi connectivity index (χ3n) is 4.51. The van der Waals surface area contributed by atoms with Crippen molar-refractivity contribution < 1.29 is 14.7 Å². The molecule has 0 radical (unpaired) electrons. The number of rotatable bonds is 6. The van der Waals surface area contributed by atoms with Crippen LogP contribution in [0.15, 0.2) is 24.3 Å². The highest BCUT2D eigenvalue weighted by Gasteiger charge is 2.31. The monoisotopic (exact) mass is 332 g/mol. The summed E-state index contributed by atoms with van der Waals surface area (Å²) in [6.45, 7) is 4.12. The van der Waals surface area contributed by atoms with Crippen LogP contribution < -0.4 is 10.6 Å². The summed E-state index contributed by atoms with van der Waals surface area (Å²) in [5.41, 5.74) is 0.884. The summed E-state index contributed by atoms with van der Waals surface area (Å²) in [6.07, 6.45) is 4.73. The molecule has 1 saturated carbocycles. The smallest absolute Gasteiger partial charge is 0.226 e. The van der Waals surface area contributed by atoms with Gasteiger partial charge in [-0.2, -0.15) is 0 Å². The van der Waals surface area contributed by atoms with Crippen LogP contribution in [-0.4, -0.2) is 22.5 Å². The number of carbonyl (C=O) groups excluding carboxylic acids is 2. The van der Waals surface area contributed by atoms with Gasteiger partial charge in [0.2, 0.25) is 11.8 Å². The van der Waals surface area contributed by atoms with Gasteiger partial charge >= 0.3 is 0 Å². The number of hydrogen-bond acceptors (Lipinski definition) is 3. The second-order valence-corrected chi connectivity index (χ2v) is 7.08. The van der Waals surface area contributed by atoms with Gasteiger partial charge in [-0.15, -0.1) is 0 Å². The second-order valence-electron chi connectivity index (χ2n) is 7.08. The fourth-order valence-electron chi connectivity index (χ4n) is 2.94. The Morgan fingerprint density at radius 2 is 1.75 bits per heavy atom. The predicted molar refractivity (Wildman–Crippen MR) is 94.4 cm³/mol. The fourth-order valence-corrected chi connectivity index (χ4v) is 2.94. The second kappa shape index (κ2) is 8.29. The van der Waals surface area contributed by atoms with Gasteiger partial charge in [0.25, 0.3) is 0 Å². The molecule has 0 aliphatic heterocycles. The molecule has 24 heavy (non-hydrogen) atoms. The minimum Gasteiger partial charge on any atom is -0.389 e. The zero-order valence-corrected chi connectivity index (χ0v) is 14.6. The Labute approximate surface area is 143 Å². The van der Waals surface area contributed by atoms with Crippen LogP contribution in [0.2, 0.25) is 0 Å². The quantitative estimate of drug-likeness (QED) is 0.749. The van der Waals surface area contributed by atoms with Crippen molar-refractivity contribution in [1.29, 1.82) is 0 Å². The molecule has 5 heteroatoms. The van der Waals surface area contributed by atoms with Crippen LogP contribution in [-0.2, 0) is 16.1 Å². The van der Waals surface area contributed by atoms with E-state index in [2.05, 4.69) is 10.6 Å². The van der Waals surface area contributed by atoms with Crippen molar-refractivity contribution in [3.63, 3.8) is 0 Å². The Morgan fingerprint density at radius 3 is 2.33 bits per heavy atom. The minimum atomic E-state index is -0.826. The van der Waals surface area contributed by atoms with Crippen LogP contribution in [0.25, 0.3) is 0 Å². The topological polar surface area (TPSA) is 78.4 Å². The van der Waals surface area contributed by atoms with Crippen LogP contribution in [0.5, 0.6) is 0 Å². The molecule has 2 amide bonds. The van der Waals surface area contributed by atoms with Gasteiger partial charge in [-0.1, -0.05) is 45.2 Å². The number of benzene rings is 1. The summed E-state index contributed by atoms with van der Waals surface area (Å²) in [5, 5.41) is 16.1. The van der Waals surface area contributed by atoms with E-state index < -0.39 is 5.60 Å². The lowest BCUT2D eigenvalue weighted by Gasteiger charge is -2.31. The lowest BCUT2D eigenvalue weighted by Crippen LogP contribution is -2.38. The molecule has 1 aliphatic rings. The normalized spacial score (nSPS) is 16.7. The zero-order valence-electron chi connectivity index (χ0n) is 14.6. The highest BCUT2D eigenvalue weighted by molar-refractivity contribution is 5.92. The number of anilines is 1. The van der Waals surface area contributed by atoms with E-state index in [9.17, 15) is 14.7 Å². The van der Waals surface area contributed by atoms with E-state index in [0.717, 1.165) is 30.5 Å². The Kier molecular flexibility index (Phi) is 6.37. The first-order chi connectivity index (χ1) is 11.4. The molecular formula is C19H28N2O3. The van der Waals surface area contributed by atoms with Crippen molar-refractivity contribution in [3.05, 3.63) is 29.8 Å². The Balaban J connectivity index is 1.79. The molecule has 5 nitrogen and oxygen atoms in total. The lowest BCUT2D eigenvalue weighted by atomic mass is 9.82. The number of nitrogens with one attached hydrogen (secondary N) is 2. The first-order valence-corrected chi connectivity index (χ1v) is 8.77. The molecule has 0 heterocycles. The highest BCUT2D eigenvalue weighted by atomic mass is 16.3. The molecule has 1 aromatic carbocycles. The number of aliphatic hydroxyl groups is 1. The molecule has 2 rings (SSSR count). The van der Waals surface area contributed by atoms with Crippen molar-refractivity contribution in [2.45, 2.75) is 64.5 Å². The van der Waals surface area contributed by atoms with Crippen molar-refractivity contribution in [2.24, 2.45) is 5.92 Å². The van der Waals surface area contributed by atoms with Crippen molar-refractivity contribution in [1.82, 2.24) is 5.32 Å². The average molecular weight is 332 g/mol. The molecule has 0 spiro atoms. The van der Waals surface area contributed by atoms with E-state index >= 15 is 0 Å². The fraction of sp³-hybridized carbons (Fsp3) is 0.579. The van der Waals surface area contributed by atoms with E-state index in [-0.39, 0.29) is 24.2 Å². The van der Waals surface area contributed by atoms with Crippen LogP contribution in [0.3, 0.4) is 0 Å². The number of amides is 2. The van der Waals surface area contributed by atoms with Crippen LogP contribution in [0, 0.1) is 5.92 Å². The minimum absolute atomic E-state index is 0.0169. The molecule has 1 fully saturated rings. The van der Waals surface area contributed by atoms with Crippen LogP contribution in [0.1, 0.15) is 57.9 Å². The highest BCUT2D eigenvalue weighted by Crippen LogP contribution is 2.30. The first-order valence-electron chi connectivity index (χ1n) is 8.77. The molecule has 0 unspecified atom stereocenters. The van der Waals surface area contributed by atoms with Gasteiger partial charge in [0.05, 0.1) is 12.0 Å². The van der Waals surface area contributed by atoms with Gasteiger partial charge in [-0.05, 0) is 30.5 Å². The van der Waals surface area contributed by atoms with Crippen LogP contribution in [0.4, 0.5) is 5.69 Å². The summed E-state index contributed by atoms with van der Waals surface area (Å²) >= 11 is 0. The molecule has 132 valence electrons. The largest absolute Gasteiger partial charge is 0.389 e. The lowest BCUT2D eigenvalue weighted by molar-refractivity contribution is -0.127. The standard InChI is InChI=1S/C19H28N2O3/c1-14(2)18(23)21-16-8-6-15(7-9-16)13-20-17(22)12-19(24)10-4-3-5-11-19/h6-9,14,24H,3-5,10-13H2,1-2H3,(H,20,22)(H,21,23). The van der Waals surface area contributed by atoms with E-state index in [4.69, 9.17) is 0 Å². The Hall–Kier alpha value is -1.88. The molecule has 0 bridgehead atoms. The van der Waals surface area contributed by atoms with Crippen molar-refractivity contribution in [2.75, 3.05) is 5.32 Å². The molecular weight excluding hydrogens is 304 g/mol. The van der Waals surface area contributed by atoms with Crippen molar-refractivity contribution >= 4 is 17.5 Å². The van der Waals surface area contributed by atoms with E-state index in [1.807, 2.05) is 38.1 Å². The molecule has 0 atom stereocenters. The number of carbonyl (C=O) groups is 2. The zero-order chi connectivity index (χ0) is 17.6. The third-order valence-corrected chi connectivity index (χ3v) is 4.51. The SMILES string of the molecule is CC(C)C(=O)Nc1ccc(CNC(=O)CC2(O)CCCCC2)cc1. The summed E-state index contributed by atoms with van der Waals surface area (Å²) in [4.78, 5) is 23.7.